The van der Waals surface area contributed by atoms with Gasteiger partial charge >= 0.3 is 0 Å². The van der Waals surface area contributed by atoms with E-state index in [0.29, 0.717) is 6.04 Å². The number of hydrogen-bond donors (Lipinski definition) is 1. The Morgan fingerprint density at radius 2 is 1.94 bits per heavy atom. The van der Waals surface area contributed by atoms with Gasteiger partial charge in [-0.1, -0.05) is 46.3 Å². The molecule has 1 N–H and O–H groups in total. The molecule has 0 saturated heterocycles. The van der Waals surface area contributed by atoms with Gasteiger partial charge in [-0.2, -0.15) is 0 Å². The van der Waals surface area contributed by atoms with Gasteiger partial charge in [0.05, 0.1) is 6.04 Å². The summed E-state index contributed by atoms with van der Waals surface area (Å²) in [5.74, 6) is 0. The van der Waals surface area contributed by atoms with Crippen LogP contribution in [0.15, 0.2) is 46.9 Å². The van der Waals surface area contributed by atoms with Gasteiger partial charge in [-0.25, -0.2) is 0 Å². The van der Waals surface area contributed by atoms with Crippen molar-refractivity contribution in [1.82, 2.24) is 5.32 Å². The summed E-state index contributed by atoms with van der Waals surface area (Å²) < 4.78 is 1.16. The van der Waals surface area contributed by atoms with Gasteiger partial charge in [0.2, 0.25) is 0 Å². The molecule has 0 fully saturated rings. The molecule has 3 rings (SSSR count). The lowest BCUT2D eigenvalue weighted by atomic mass is 9.88. The molecule has 2 aromatic carbocycles. The molecule has 18 heavy (non-hydrogen) atoms. The van der Waals surface area contributed by atoms with Crippen LogP contribution in [0.1, 0.15) is 28.3 Å². The fourth-order valence-corrected chi connectivity index (χ4v) is 3.09. The lowest BCUT2D eigenvalue weighted by molar-refractivity contribution is 0.565. The van der Waals surface area contributed by atoms with Crippen LogP contribution in [0.5, 0.6) is 0 Å². The number of hydrogen-bond acceptors (Lipinski definition) is 1. The summed E-state index contributed by atoms with van der Waals surface area (Å²) in [7, 11) is 0. The summed E-state index contributed by atoms with van der Waals surface area (Å²) in [6.45, 7) is 3.23. The number of rotatable bonds is 1. The first kappa shape index (κ1) is 11.9. The Bertz CT molecular complexity index is 577. The monoisotopic (exact) mass is 301 g/mol. The zero-order valence-electron chi connectivity index (χ0n) is 10.4. The molecule has 0 amide bonds. The molecule has 0 aliphatic carbocycles. The Morgan fingerprint density at radius 1 is 1.11 bits per heavy atom. The van der Waals surface area contributed by atoms with E-state index in [1.165, 1.54) is 22.3 Å². The Balaban J connectivity index is 2.11. The maximum atomic E-state index is 3.64. The van der Waals surface area contributed by atoms with E-state index in [9.17, 15) is 0 Å². The summed E-state index contributed by atoms with van der Waals surface area (Å²) >= 11 is 3.58. The quantitative estimate of drug-likeness (QED) is 0.840. The van der Waals surface area contributed by atoms with Crippen LogP contribution >= 0.6 is 15.9 Å². The molecule has 1 aliphatic heterocycles. The third-order valence-corrected chi connectivity index (χ3v) is 4.15. The van der Waals surface area contributed by atoms with Crippen LogP contribution in [0, 0.1) is 6.92 Å². The molecule has 0 aromatic heterocycles. The van der Waals surface area contributed by atoms with E-state index >= 15 is 0 Å². The molecule has 2 heteroatoms. The van der Waals surface area contributed by atoms with Crippen LogP contribution in [-0.2, 0) is 6.42 Å². The highest BCUT2D eigenvalue weighted by atomic mass is 79.9. The minimum absolute atomic E-state index is 0.326. The predicted molar refractivity (Wildman–Crippen MR) is 78.9 cm³/mol. The van der Waals surface area contributed by atoms with E-state index in [1.54, 1.807) is 0 Å². The highest BCUT2D eigenvalue weighted by Crippen LogP contribution is 2.32. The van der Waals surface area contributed by atoms with Crippen molar-refractivity contribution < 1.29 is 0 Å². The van der Waals surface area contributed by atoms with Gasteiger partial charge in [0, 0.05) is 11.0 Å². The molecule has 92 valence electrons. The summed E-state index contributed by atoms with van der Waals surface area (Å²) in [6, 6.07) is 15.6. The van der Waals surface area contributed by atoms with Crippen LogP contribution in [0.3, 0.4) is 0 Å². The van der Waals surface area contributed by atoms with Crippen molar-refractivity contribution in [3.63, 3.8) is 0 Å². The van der Waals surface area contributed by atoms with E-state index in [4.69, 9.17) is 0 Å². The topological polar surface area (TPSA) is 12.0 Å². The molecule has 1 atom stereocenters. The fourth-order valence-electron chi connectivity index (χ4n) is 2.71. The maximum absolute atomic E-state index is 3.64. The van der Waals surface area contributed by atoms with Crippen molar-refractivity contribution in [2.75, 3.05) is 6.54 Å². The number of halogens is 1. The van der Waals surface area contributed by atoms with Gasteiger partial charge < -0.3 is 5.32 Å². The zero-order chi connectivity index (χ0) is 12.5. The molecule has 1 aliphatic rings. The second-order valence-corrected chi connectivity index (χ2v) is 5.75. The SMILES string of the molecule is Cc1ccccc1C1NCCc2ccc(Br)cc21. The van der Waals surface area contributed by atoms with E-state index < -0.39 is 0 Å². The highest BCUT2D eigenvalue weighted by molar-refractivity contribution is 9.10. The molecule has 0 bridgehead atoms. The second-order valence-electron chi connectivity index (χ2n) is 4.84. The van der Waals surface area contributed by atoms with Crippen molar-refractivity contribution in [2.45, 2.75) is 19.4 Å². The standard InChI is InChI=1S/C16H16BrN/c1-11-4-2-3-5-14(11)16-15-10-13(17)7-6-12(15)8-9-18-16/h2-7,10,16,18H,8-9H2,1H3. The minimum atomic E-state index is 0.326. The van der Waals surface area contributed by atoms with Gasteiger partial charge in [0.1, 0.15) is 0 Å². The normalized spacial score (nSPS) is 18.4. The lowest BCUT2D eigenvalue weighted by Gasteiger charge is -2.28. The van der Waals surface area contributed by atoms with Crippen LogP contribution < -0.4 is 5.32 Å². The summed E-state index contributed by atoms with van der Waals surface area (Å²) in [5.41, 5.74) is 5.61. The minimum Gasteiger partial charge on any atom is -0.306 e. The first-order valence-electron chi connectivity index (χ1n) is 6.33. The third kappa shape index (κ3) is 2.11. The largest absolute Gasteiger partial charge is 0.306 e. The average molecular weight is 302 g/mol. The van der Waals surface area contributed by atoms with Crippen molar-refractivity contribution in [2.24, 2.45) is 0 Å². The smallest absolute Gasteiger partial charge is 0.0582 e. The van der Waals surface area contributed by atoms with Gasteiger partial charge in [-0.05, 0) is 47.7 Å². The molecule has 1 nitrogen and oxygen atoms in total. The number of fused-ring (bicyclic) bond motifs is 1. The van der Waals surface area contributed by atoms with Gasteiger partial charge in [0.15, 0.2) is 0 Å². The van der Waals surface area contributed by atoms with Crippen LogP contribution in [0.2, 0.25) is 0 Å². The van der Waals surface area contributed by atoms with Crippen LogP contribution in [-0.4, -0.2) is 6.54 Å². The Hall–Kier alpha value is -1.12. The molecule has 0 radical (unpaired) electrons. The Morgan fingerprint density at radius 3 is 2.78 bits per heavy atom. The Labute approximate surface area is 116 Å². The molecule has 1 unspecified atom stereocenters. The van der Waals surface area contributed by atoms with Crippen LogP contribution in [0.25, 0.3) is 0 Å². The lowest BCUT2D eigenvalue weighted by Crippen LogP contribution is -2.31. The summed E-state index contributed by atoms with van der Waals surface area (Å²) in [6.07, 6.45) is 1.12. The molecular formula is C16H16BrN. The van der Waals surface area contributed by atoms with E-state index in [0.717, 1.165) is 17.4 Å². The number of nitrogens with one attached hydrogen (secondary N) is 1. The van der Waals surface area contributed by atoms with Gasteiger partial charge in [-0.15, -0.1) is 0 Å². The predicted octanol–water partition coefficient (Wildman–Crippen LogP) is 3.99. The molecule has 2 aromatic rings. The average Bonchev–Trinajstić information content (AvgIpc) is 2.39. The first-order chi connectivity index (χ1) is 8.75. The zero-order valence-corrected chi connectivity index (χ0v) is 12.0. The van der Waals surface area contributed by atoms with Gasteiger partial charge in [0.25, 0.3) is 0 Å². The van der Waals surface area contributed by atoms with E-state index in [2.05, 4.69) is 70.6 Å². The first-order valence-corrected chi connectivity index (χ1v) is 7.12. The maximum Gasteiger partial charge on any atom is 0.0582 e. The molecule has 0 saturated carbocycles. The third-order valence-electron chi connectivity index (χ3n) is 3.66. The highest BCUT2D eigenvalue weighted by Gasteiger charge is 2.22. The molecule has 0 spiro atoms. The second kappa shape index (κ2) is 4.87. The van der Waals surface area contributed by atoms with Crippen molar-refractivity contribution in [3.8, 4) is 0 Å². The summed E-state index contributed by atoms with van der Waals surface area (Å²) in [4.78, 5) is 0. The number of benzene rings is 2. The summed E-state index contributed by atoms with van der Waals surface area (Å²) in [5, 5.41) is 3.64. The van der Waals surface area contributed by atoms with Crippen molar-refractivity contribution >= 4 is 15.9 Å². The van der Waals surface area contributed by atoms with E-state index in [1.807, 2.05) is 0 Å². The fraction of sp³-hybridized carbons (Fsp3) is 0.250. The Kier molecular flexibility index (Phi) is 3.23. The molecular weight excluding hydrogens is 286 g/mol. The van der Waals surface area contributed by atoms with E-state index in [-0.39, 0.29) is 0 Å². The van der Waals surface area contributed by atoms with Gasteiger partial charge in [-0.3, -0.25) is 0 Å². The van der Waals surface area contributed by atoms with Crippen molar-refractivity contribution in [1.29, 1.82) is 0 Å². The van der Waals surface area contributed by atoms with Crippen molar-refractivity contribution in [3.05, 3.63) is 69.2 Å². The number of aryl methyl sites for hydroxylation is 1. The van der Waals surface area contributed by atoms with Crippen LogP contribution in [0.4, 0.5) is 0 Å². The molecule has 1 heterocycles.